The minimum atomic E-state index is -0.209. The molecule has 1 aromatic carbocycles. The number of morpholine rings is 1. The summed E-state index contributed by atoms with van der Waals surface area (Å²) in [6, 6.07) is 6.08. The van der Waals surface area contributed by atoms with Crippen molar-refractivity contribution in [1.29, 1.82) is 0 Å². The summed E-state index contributed by atoms with van der Waals surface area (Å²) in [6.45, 7) is 7.40. The molecule has 4 rings (SSSR count). The van der Waals surface area contributed by atoms with Crippen LogP contribution < -0.4 is 4.90 Å². The van der Waals surface area contributed by atoms with Crippen LogP contribution in [0.4, 0.5) is 5.13 Å². The maximum Gasteiger partial charge on any atom is 0.298 e. The first-order valence-electron chi connectivity index (χ1n) is 9.15. The van der Waals surface area contributed by atoms with Crippen LogP contribution in [-0.4, -0.2) is 68.4 Å². The zero-order chi connectivity index (χ0) is 18.6. The molecule has 27 heavy (non-hydrogen) atoms. The van der Waals surface area contributed by atoms with Gasteiger partial charge in [0.05, 0.1) is 23.4 Å². The Kier molecular flexibility index (Phi) is 5.56. The van der Waals surface area contributed by atoms with Crippen LogP contribution >= 0.6 is 11.3 Å². The van der Waals surface area contributed by atoms with E-state index in [2.05, 4.69) is 4.90 Å². The number of hydrogen-bond donors (Lipinski definition) is 0. The molecule has 7 nitrogen and oxygen atoms in total. The minimum absolute atomic E-state index is 0.209. The topological polar surface area (TPSA) is 64.1 Å². The molecular weight excluding hydrogens is 366 g/mol. The average Bonchev–Trinajstić information content (AvgIpc) is 3.15. The van der Waals surface area contributed by atoms with E-state index in [4.69, 9.17) is 19.2 Å². The standard InChI is InChI=1S/C19H23N3O4S/c1-14-3-2-4-16-17(14)20-19(27-16)22(6-5-21-7-9-24-10-8-21)18(23)15-13-25-11-12-26-15/h2-4,13H,5-12H2,1H3. The van der Waals surface area contributed by atoms with Crippen molar-refractivity contribution in [3.8, 4) is 0 Å². The first-order valence-corrected chi connectivity index (χ1v) is 9.97. The van der Waals surface area contributed by atoms with Crippen molar-refractivity contribution >= 4 is 32.6 Å². The van der Waals surface area contributed by atoms with Crippen molar-refractivity contribution in [2.75, 3.05) is 57.5 Å². The Labute approximate surface area is 162 Å². The van der Waals surface area contributed by atoms with Gasteiger partial charge in [-0.05, 0) is 18.6 Å². The molecule has 0 atom stereocenters. The van der Waals surface area contributed by atoms with Crippen molar-refractivity contribution in [1.82, 2.24) is 9.88 Å². The number of carbonyl (C=O) groups excluding carboxylic acids is 1. The maximum atomic E-state index is 13.1. The summed E-state index contributed by atoms with van der Waals surface area (Å²) in [6.07, 6.45) is 1.41. The van der Waals surface area contributed by atoms with Crippen molar-refractivity contribution < 1.29 is 19.0 Å². The van der Waals surface area contributed by atoms with Gasteiger partial charge < -0.3 is 14.2 Å². The van der Waals surface area contributed by atoms with E-state index in [0.29, 0.717) is 24.9 Å². The third-order valence-electron chi connectivity index (χ3n) is 4.69. The second-order valence-electron chi connectivity index (χ2n) is 6.53. The summed E-state index contributed by atoms with van der Waals surface area (Å²) < 4.78 is 17.3. The van der Waals surface area contributed by atoms with Crippen LogP contribution in [0.3, 0.4) is 0 Å². The van der Waals surface area contributed by atoms with Crippen molar-refractivity contribution in [2.24, 2.45) is 0 Å². The maximum absolute atomic E-state index is 13.1. The molecule has 2 aliphatic rings. The van der Waals surface area contributed by atoms with Crippen LogP contribution in [0, 0.1) is 6.92 Å². The molecule has 0 unspecified atom stereocenters. The highest BCUT2D eigenvalue weighted by Gasteiger charge is 2.27. The van der Waals surface area contributed by atoms with E-state index < -0.39 is 0 Å². The Morgan fingerprint density at radius 1 is 1.26 bits per heavy atom. The second kappa shape index (κ2) is 8.24. The number of thiazole rings is 1. The first-order chi connectivity index (χ1) is 13.2. The largest absolute Gasteiger partial charge is 0.494 e. The number of benzene rings is 1. The lowest BCUT2D eigenvalue weighted by Gasteiger charge is -2.29. The highest BCUT2D eigenvalue weighted by Crippen LogP contribution is 2.31. The fraction of sp³-hybridized carbons (Fsp3) is 0.474. The fourth-order valence-corrected chi connectivity index (χ4v) is 4.22. The summed E-state index contributed by atoms with van der Waals surface area (Å²) in [4.78, 5) is 21.9. The highest BCUT2D eigenvalue weighted by molar-refractivity contribution is 7.22. The Bertz CT molecular complexity index is 845. The predicted octanol–water partition coefficient (Wildman–Crippen LogP) is 2.16. The van der Waals surface area contributed by atoms with Gasteiger partial charge >= 0.3 is 0 Å². The zero-order valence-corrected chi connectivity index (χ0v) is 16.2. The summed E-state index contributed by atoms with van der Waals surface area (Å²) in [5.74, 6) is 0.0267. The van der Waals surface area contributed by atoms with Gasteiger partial charge in [-0.2, -0.15) is 0 Å². The molecule has 0 saturated carbocycles. The Hall–Kier alpha value is -2.16. The molecule has 0 aliphatic carbocycles. The number of aryl methyl sites for hydroxylation is 1. The van der Waals surface area contributed by atoms with Crippen molar-refractivity contribution in [3.05, 3.63) is 35.8 Å². The molecule has 1 aromatic heterocycles. The molecule has 0 N–H and O–H groups in total. The van der Waals surface area contributed by atoms with Gasteiger partial charge in [-0.15, -0.1) is 0 Å². The molecule has 1 amide bonds. The lowest BCUT2D eigenvalue weighted by Crippen LogP contribution is -2.44. The number of nitrogens with zero attached hydrogens (tertiary/aromatic N) is 3. The quantitative estimate of drug-likeness (QED) is 0.781. The van der Waals surface area contributed by atoms with Crippen LogP contribution in [0.5, 0.6) is 0 Å². The average molecular weight is 389 g/mol. The van der Waals surface area contributed by atoms with Gasteiger partial charge in [0.1, 0.15) is 19.5 Å². The number of anilines is 1. The molecule has 2 aliphatic heterocycles. The van der Waals surface area contributed by atoms with Gasteiger partial charge in [0.2, 0.25) is 5.76 Å². The van der Waals surface area contributed by atoms with Gasteiger partial charge in [-0.25, -0.2) is 4.98 Å². The molecule has 3 heterocycles. The van der Waals surface area contributed by atoms with Crippen LogP contribution in [0.2, 0.25) is 0 Å². The Balaban J connectivity index is 1.60. The van der Waals surface area contributed by atoms with Gasteiger partial charge in [0, 0.05) is 26.2 Å². The van der Waals surface area contributed by atoms with Gasteiger partial charge in [0.25, 0.3) is 5.91 Å². The van der Waals surface area contributed by atoms with Crippen LogP contribution in [0.15, 0.2) is 30.2 Å². The molecule has 144 valence electrons. The third-order valence-corrected chi connectivity index (χ3v) is 5.73. The van der Waals surface area contributed by atoms with Crippen LogP contribution in [-0.2, 0) is 19.0 Å². The normalized spacial score (nSPS) is 17.9. The van der Waals surface area contributed by atoms with E-state index in [1.807, 2.05) is 25.1 Å². The molecule has 0 bridgehead atoms. The molecule has 0 radical (unpaired) electrons. The number of amides is 1. The highest BCUT2D eigenvalue weighted by atomic mass is 32.1. The minimum Gasteiger partial charge on any atom is -0.494 e. The number of ether oxygens (including phenoxy) is 3. The predicted molar refractivity (Wildman–Crippen MR) is 104 cm³/mol. The van der Waals surface area contributed by atoms with Crippen molar-refractivity contribution in [2.45, 2.75) is 6.92 Å². The number of hydrogen-bond acceptors (Lipinski definition) is 7. The zero-order valence-electron chi connectivity index (χ0n) is 15.3. The summed E-state index contributed by atoms with van der Waals surface area (Å²) >= 11 is 1.53. The molecule has 1 saturated heterocycles. The first kappa shape index (κ1) is 18.2. The second-order valence-corrected chi connectivity index (χ2v) is 7.54. The molecule has 8 heteroatoms. The molecular formula is C19H23N3O4S. The Morgan fingerprint density at radius 2 is 2.11 bits per heavy atom. The van der Waals surface area contributed by atoms with E-state index in [9.17, 15) is 4.79 Å². The van der Waals surface area contributed by atoms with Crippen molar-refractivity contribution in [3.63, 3.8) is 0 Å². The van der Waals surface area contributed by atoms with Gasteiger partial charge in [-0.1, -0.05) is 23.5 Å². The lowest BCUT2D eigenvalue weighted by atomic mass is 10.2. The smallest absolute Gasteiger partial charge is 0.298 e. The summed E-state index contributed by atoms with van der Waals surface area (Å²) in [7, 11) is 0. The summed E-state index contributed by atoms with van der Waals surface area (Å²) in [5.41, 5.74) is 2.04. The molecule has 1 fully saturated rings. The van der Waals surface area contributed by atoms with Gasteiger partial charge in [-0.3, -0.25) is 14.6 Å². The van der Waals surface area contributed by atoms with E-state index in [1.54, 1.807) is 4.90 Å². The summed E-state index contributed by atoms with van der Waals surface area (Å²) in [5, 5.41) is 0.688. The number of aromatic nitrogens is 1. The monoisotopic (exact) mass is 389 g/mol. The van der Waals surface area contributed by atoms with E-state index in [1.165, 1.54) is 17.6 Å². The van der Waals surface area contributed by atoms with E-state index in [0.717, 1.165) is 48.6 Å². The SMILES string of the molecule is Cc1cccc2sc(N(CCN3CCOCC3)C(=O)C3=COCCO3)nc12. The lowest BCUT2D eigenvalue weighted by molar-refractivity contribution is -0.119. The number of para-hydroxylation sites is 1. The van der Waals surface area contributed by atoms with Crippen LogP contribution in [0.1, 0.15) is 5.56 Å². The molecule has 2 aromatic rings. The molecule has 0 spiro atoms. The number of fused-ring (bicyclic) bond motifs is 1. The fourth-order valence-electron chi connectivity index (χ4n) is 3.15. The van der Waals surface area contributed by atoms with E-state index in [-0.39, 0.29) is 11.7 Å². The Morgan fingerprint density at radius 3 is 2.85 bits per heavy atom. The number of carbonyl (C=O) groups is 1. The van der Waals surface area contributed by atoms with Crippen LogP contribution in [0.25, 0.3) is 10.2 Å². The van der Waals surface area contributed by atoms with Gasteiger partial charge in [0.15, 0.2) is 5.13 Å². The third kappa shape index (κ3) is 4.07. The number of rotatable bonds is 5. The van der Waals surface area contributed by atoms with E-state index >= 15 is 0 Å².